The molecule has 1 aliphatic heterocycles. The number of carbonyl (C=O) groups is 2. The minimum atomic E-state index is -0.622. The van der Waals surface area contributed by atoms with Gasteiger partial charge in [-0.25, -0.2) is 0 Å². The number of aromatic nitrogens is 2. The number of nitrogens with zero attached hydrogens (tertiary/aromatic N) is 3. The zero-order chi connectivity index (χ0) is 21.4. The van der Waals surface area contributed by atoms with Crippen LogP contribution in [0, 0.1) is 5.41 Å². The van der Waals surface area contributed by atoms with Crippen LogP contribution in [0.5, 0.6) is 0 Å². The molecule has 2 aliphatic rings. The molecule has 6 heteroatoms. The summed E-state index contributed by atoms with van der Waals surface area (Å²) in [5, 5.41) is 7.53. The molecule has 1 aromatic heterocycles. The van der Waals surface area contributed by atoms with Gasteiger partial charge in [0.05, 0.1) is 11.5 Å². The monoisotopic (exact) mass is 414 g/mol. The first-order valence-electron chi connectivity index (χ1n) is 10.8. The van der Waals surface area contributed by atoms with Gasteiger partial charge in [-0.2, -0.15) is 5.10 Å². The fourth-order valence-electron chi connectivity index (χ4n) is 4.86. The summed E-state index contributed by atoms with van der Waals surface area (Å²) >= 11 is 0. The Labute approximate surface area is 181 Å². The summed E-state index contributed by atoms with van der Waals surface area (Å²) in [5.74, 6) is -0.0913. The smallest absolute Gasteiger partial charge is 0.274 e. The molecule has 31 heavy (non-hydrogen) atoms. The number of aryl methyl sites for hydroxylation is 2. The van der Waals surface area contributed by atoms with Gasteiger partial charge in [-0.3, -0.25) is 14.3 Å². The van der Waals surface area contributed by atoms with Gasteiger partial charge in [-0.1, -0.05) is 54.6 Å². The van der Waals surface area contributed by atoms with E-state index in [1.54, 1.807) is 28.9 Å². The van der Waals surface area contributed by atoms with Crippen LogP contribution in [-0.4, -0.2) is 39.6 Å². The van der Waals surface area contributed by atoms with E-state index in [4.69, 9.17) is 0 Å². The topological polar surface area (TPSA) is 67.2 Å². The lowest BCUT2D eigenvalue weighted by molar-refractivity contribution is -0.140. The van der Waals surface area contributed by atoms with Gasteiger partial charge in [0.25, 0.3) is 5.91 Å². The van der Waals surface area contributed by atoms with Gasteiger partial charge in [0, 0.05) is 26.3 Å². The first-order chi connectivity index (χ1) is 15.0. The Morgan fingerprint density at radius 2 is 1.81 bits per heavy atom. The summed E-state index contributed by atoms with van der Waals surface area (Å²) in [7, 11) is 1.79. The lowest BCUT2D eigenvalue weighted by Gasteiger charge is -2.49. The molecule has 2 heterocycles. The third kappa shape index (κ3) is 3.63. The van der Waals surface area contributed by atoms with E-state index in [9.17, 15) is 9.59 Å². The Hall–Kier alpha value is -3.41. The third-order valence-corrected chi connectivity index (χ3v) is 6.51. The lowest BCUT2D eigenvalue weighted by atomic mass is 9.73. The molecule has 1 unspecified atom stereocenters. The normalized spacial score (nSPS) is 18.9. The van der Waals surface area contributed by atoms with Crippen LogP contribution in [0.3, 0.4) is 0 Å². The second-order valence-corrected chi connectivity index (χ2v) is 8.74. The average Bonchev–Trinajstić information content (AvgIpc) is 3.37. The summed E-state index contributed by atoms with van der Waals surface area (Å²) in [5.41, 5.74) is 3.43. The molecule has 0 bridgehead atoms. The SMILES string of the molecule is Cn1ccc(C(=O)N2CC(Cc3ccccc3)(C(=O)NC3CCc4ccccc43)C2)n1. The van der Waals surface area contributed by atoms with Crippen LogP contribution in [0.2, 0.25) is 0 Å². The molecule has 2 amide bonds. The maximum absolute atomic E-state index is 13.6. The second-order valence-electron chi connectivity index (χ2n) is 8.74. The van der Waals surface area contributed by atoms with Crippen LogP contribution in [0.4, 0.5) is 0 Å². The van der Waals surface area contributed by atoms with Crippen molar-refractivity contribution < 1.29 is 9.59 Å². The van der Waals surface area contributed by atoms with E-state index in [1.807, 2.05) is 42.5 Å². The quantitative estimate of drug-likeness (QED) is 0.698. The van der Waals surface area contributed by atoms with Crippen molar-refractivity contribution in [2.75, 3.05) is 13.1 Å². The highest BCUT2D eigenvalue weighted by Gasteiger charge is 2.51. The molecule has 0 spiro atoms. The van der Waals surface area contributed by atoms with Gasteiger partial charge in [0.2, 0.25) is 5.91 Å². The molecule has 5 rings (SSSR count). The van der Waals surface area contributed by atoms with E-state index in [0.29, 0.717) is 25.2 Å². The molecular weight excluding hydrogens is 388 g/mol. The molecule has 2 aromatic carbocycles. The van der Waals surface area contributed by atoms with Crippen molar-refractivity contribution in [3.05, 3.63) is 89.2 Å². The standard InChI is InChI=1S/C25H26N4O2/c1-28-14-13-22(27-28)23(30)29-16-25(17-29,15-18-7-3-2-4-8-18)24(31)26-21-12-11-19-9-5-6-10-20(19)21/h2-10,13-14,21H,11-12,15-17H2,1H3,(H,26,31). The molecule has 3 aromatic rings. The number of hydrogen-bond donors (Lipinski definition) is 1. The Kier molecular flexibility index (Phi) is 4.85. The fraction of sp³-hybridized carbons (Fsp3) is 0.320. The van der Waals surface area contributed by atoms with Crippen LogP contribution in [0.15, 0.2) is 66.9 Å². The summed E-state index contributed by atoms with van der Waals surface area (Å²) in [6.07, 6.45) is 4.27. The highest BCUT2D eigenvalue weighted by atomic mass is 16.2. The van der Waals surface area contributed by atoms with Gasteiger partial charge in [-0.15, -0.1) is 0 Å². The average molecular weight is 415 g/mol. The van der Waals surface area contributed by atoms with Gasteiger partial charge in [0.15, 0.2) is 0 Å². The fourth-order valence-corrected chi connectivity index (χ4v) is 4.86. The van der Waals surface area contributed by atoms with Crippen molar-refractivity contribution in [1.29, 1.82) is 0 Å². The van der Waals surface area contributed by atoms with Crippen molar-refractivity contribution in [2.45, 2.75) is 25.3 Å². The Morgan fingerprint density at radius 1 is 1.06 bits per heavy atom. The number of likely N-dealkylation sites (tertiary alicyclic amines) is 1. The Morgan fingerprint density at radius 3 is 2.55 bits per heavy atom. The highest BCUT2D eigenvalue weighted by Crippen LogP contribution is 2.38. The van der Waals surface area contributed by atoms with E-state index in [0.717, 1.165) is 18.4 Å². The molecule has 1 N–H and O–H groups in total. The molecule has 1 atom stereocenters. The Bertz CT molecular complexity index is 1120. The minimum Gasteiger partial charge on any atom is -0.349 e. The number of fused-ring (bicyclic) bond motifs is 1. The van der Waals surface area contributed by atoms with Gasteiger partial charge in [0.1, 0.15) is 5.69 Å². The van der Waals surface area contributed by atoms with Gasteiger partial charge < -0.3 is 10.2 Å². The molecule has 0 saturated carbocycles. The van der Waals surface area contributed by atoms with Gasteiger partial charge >= 0.3 is 0 Å². The maximum Gasteiger partial charge on any atom is 0.274 e. The molecule has 1 saturated heterocycles. The van der Waals surface area contributed by atoms with E-state index in [2.05, 4.69) is 22.5 Å². The predicted molar refractivity (Wildman–Crippen MR) is 117 cm³/mol. The second kappa shape index (κ2) is 7.69. The van der Waals surface area contributed by atoms with Crippen molar-refractivity contribution in [2.24, 2.45) is 12.5 Å². The molecular formula is C25H26N4O2. The summed E-state index contributed by atoms with van der Waals surface area (Å²) in [4.78, 5) is 28.1. The predicted octanol–water partition coefficient (Wildman–Crippen LogP) is 2.91. The molecule has 6 nitrogen and oxygen atoms in total. The number of amides is 2. The van der Waals surface area contributed by atoms with Crippen LogP contribution in [0.1, 0.15) is 39.6 Å². The molecule has 1 aliphatic carbocycles. The largest absolute Gasteiger partial charge is 0.349 e. The van der Waals surface area contributed by atoms with Crippen molar-refractivity contribution >= 4 is 11.8 Å². The van der Waals surface area contributed by atoms with Crippen LogP contribution >= 0.6 is 0 Å². The summed E-state index contributed by atoms with van der Waals surface area (Å²) < 4.78 is 1.62. The van der Waals surface area contributed by atoms with Crippen LogP contribution in [-0.2, 0) is 24.7 Å². The number of rotatable bonds is 5. The van der Waals surface area contributed by atoms with Crippen LogP contribution in [0.25, 0.3) is 0 Å². The summed E-state index contributed by atoms with van der Waals surface area (Å²) in [6, 6.07) is 20.1. The molecule has 1 fully saturated rings. The zero-order valence-corrected chi connectivity index (χ0v) is 17.6. The zero-order valence-electron chi connectivity index (χ0n) is 17.6. The lowest BCUT2D eigenvalue weighted by Crippen LogP contribution is -2.65. The molecule has 158 valence electrons. The number of nitrogens with one attached hydrogen (secondary N) is 1. The number of hydrogen-bond acceptors (Lipinski definition) is 3. The first kappa shape index (κ1) is 19.5. The third-order valence-electron chi connectivity index (χ3n) is 6.51. The number of benzene rings is 2. The Balaban J connectivity index is 1.35. The van der Waals surface area contributed by atoms with Crippen molar-refractivity contribution in [3.8, 4) is 0 Å². The van der Waals surface area contributed by atoms with Crippen LogP contribution < -0.4 is 5.32 Å². The first-order valence-corrected chi connectivity index (χ1v) is 10.8. The van der Waals surface area contributed by atoms with Crippen molar-refractivity contribution in [1.82, 2.24) is 20.0 Å². The molecule has 0 radical (unpaired) electrons. The van der Waals surface area contributed by atoms with Gasteiger partial charge in [-0.05, 0) is 42.0 Å². The van der Waals surface area contributed by atoms with E-state index in [1.165, 1.54) is 11.1 Å². The maximum atomic E-state index is 13.6. The van der Waals surface area contributed by atoms with E-state index in [-0.39, 0.29) is 17.9 Å². The van der Waals surface area contributed by atoms with E-state index < -0.39 is 5.41 Å². The number of carbonyl (C=O) groups excluding carboxylic acids is 2. The van der Waals surface area contributed by atoms with E-state index >= 15 is 0 Å². The summed E-state index contributed by atoms with van der Waals surface area (Å²) in [6.45, 7) is 0.801. The van der Waals surface area contributed by atoms with Crippen molar-refractivity contribution in [3.63, 3.8) is 0 Å². The highest BCUT2D eigenvalue weighted by molar-refractivity contribution is 5.95. The minimum absolute atomic E-state index is 0.0307.